The standard InChI is InChI=1S/C12H12N2S/c1-8-3-4-10(7-9(8)2)11-5-6-12(15)14-13-11/h3-7H,1-2H3,(H,14,15). The highest BCUT2D eigenvalue weighted by Crippen LogP contribution is 2.19. The Hall–Kier alpha value is -1.48. The van der Waals surface area contributed by atoms with Gasteiger partial charge in [0, 0.05) is 5.56 Å². The molecule has 2 aromatic rings. The number of aromatic nitrogens is 2. The molecule has 1 N–H and O–H groups in total. The molecule has 0 aliphatic carbocycles. The van der Waals surface area contributed by atoms with Crippen LogP contribution in [0.1, 0.15) is 11.1 Å². The van der Waals surface area contributed by atoms with Gasteiger partial charge in [-0.1, -0.05) is 24.4 Å². The fourth-order valence-corrected chi connectivity index (χ4v) is 1.52. The largest absolute Gasteiger partial charge is 0.267 e. The molecule has 0 aliphatic heterocycles. The fraction of sp³-hybridized carbons (Fsp3) is 0.167. The van der Waals surface area contributed by atoms with Crippen molar-refractivity contribution in [2.75, 3.05) is 0 Å². The van der Waals surface area contributed by atoms with Crippen LogP contribution >= 0.6 is 12.2 Å². The molecule has 2 nitrogen and oxygen atoms in total. The summed E-state index contributed by atoms with van der Waals surface area (Å²) in [7, 11) is 0. The SMILES string of the molecule is Cc1ccc(-c2ccc(=S)[nH]n2)cc1C. The number of benzene rings is 1. The predicted octanol–water partition coefficient (Wildman–Crippen LogP) is 3.42. The van der Waals surface area contributed by atoms with Crippen molar-refractivity contribution in [3.8, 4) is 11.3 Å². The van der Waals surface area contributed by atoms with Crippen molar-refractivity contribution in [3.63, 3.8) is 0 Å². The van der Waals surface area contributed by atoms with Gasteiger partial charge in [0.15, 0.2) is 0 Å². The second-order valence-electron chi connectivity index (χ2n) is 3.61. The molecule has 0 aliphatic rings. The van der Waals surface area contributed by atoms with E-state index in [1.165, 1.54) is 11.1 Å². The summed E-state index contributed by atoms with van der Waals surface area (Å²) in [6.07, 6.45) is 0. The molecule has 2 rings (SSSR count). The molecule has 76 valence electrons. The average molecular weight is 216 g/mol. The topological polar surface area (TPSA) is 28.7 Å². The van der Waals surface area contributed by atoms with Gasteiger partial charge in [0.05, 0.1) is 5.69 Å². The van der Waals surface area contributed by atoms with Crippen molar-refractivity contribution in [2.24, 2.45) is 0 Å². The lowest BCUT2D eigenvalue weighted by Crippen LogP contribution is -1.88. The number of hydrogen-bond acceptors (Lipinski definition) is 2. The zero-order valence-electron chi connectivity index (χ0n) is 8.74. The van der Waals surface area contributed by atoms with Crippen molar-refractivity contribution in [2.45, 2.75) is 13.8 Å². The Morgan fingerprint density at radius 1 is 1.07 bits per heavy atom. The molecule has 0 atom stereocenters. The smallest absolute Gasteiger partial charge is 0.119 e. The van der Waals surface area contributed by atoms with E-state index in [1.807, 2.05) is 12.1 Å². The van der Waals surface area contributed by atoms with Crippen molar-refractivity contribution < 1.29 is 0 Å². The van der Waals surface area contributed by atoms with E-state index in [-0.39, 0.29) is 0 Å². The minimum atomic E-state index is 0.655. The fourth-order valence-electron chi connectivity index (χ4n) is 1.41. The summed E-state index contributed by atoms with van der Waals surface area (Å²) in [6, 6.07) is 10.1. The second-order valence-corrected chi connectivity index (χ2v) is 4.05. The summed E-state index contributed by atoms with van der Waals surface area (Å²) in [5.74, 6) is 0. The van der Waals surface area contributed by atoms with Gasteiger partial charge < -0.3 is 0 Å². The molecule has 0 fully saturated rings. The Kier molecular flexibility index (Phi) is 2.64. The van der Waals surface area contributed by atoms with Crippen molar-refractivity contribution in [1.29, 1.82) is 0 Å². The first-order valence-corrected chi connectivity index (χ1v) is 5.21. The van der Waals surface area contributed by atoms with E-state index in [0.717, 1.165) is 11.3 Å². The highest BCUT2D eigenvalue weighted by Gasteiger charge is 2.00. The van der Waals surface area contributed by atoms with Crippen LogP contribution in [0.2, 0.25) is 0 Å². The van der Waals surface area contributed by atoms with Crippen LogP contribution in [0, 0.1) is 18.5 Å². The third-order valence-corrected chi connectivity index (χ3v) is 2.71. The summed E-state index contributed by atoms with van der Waals surface area (Å²) in [5.41, 5.74) is 4.61. The van der Waals surface area contributed by atoms with Crippen LogP contribution < -0.4 is 0 Å². The van der Waals surface area contributed by atoms with Crippen LogP contribution in [-0.2, 0) is 0 Å². The highest BCUT2D eigenvalue weighted by molar-refractivity contribution is 7.71. The molecule has 0 unspecified atom stereocenters. The minimum Gasteiger partial charge on any atom is -0.267 e. The van der Waals surface area contributed by atoms with Gasteiger partial charge >= 0.3 is 0 Å². The maximum absolute atomic E-state index is 4.95. The molecule has 15 heavy (non-hydrogen) atoms. The Morgan fingerprint density at radius 3 is 2.47 bits per heavy atom. The number of aryl methyl sites for hydroxylation is 2. The maximum atomic E-state index is 4.95. The van der Waals surface area contributed by atoms with Crippen LogP contribution in [0.3, 0.4) is 0 Å². The molecule has 0 saturated heterocycles. The molecule has 1 heterocycles. The Morgan fingerprint density at radius 2 is 1.87 bits per heavy atom. The van der Waals surface area contributed by atoms with Gasteiger partial charge in [-0.3, -0.25) is 5.10 Å². The molecule has 1 aromatic heterocycles. The lowest BCUT2D eigenvalue weighted by molar-refractivity contribution is 1.02. The molecular formula is C12H12N2S. The summed E-state index contributed by atoms with van der Waals surface area (Å²) < 4.78 is 0.655. The maximum Gasteiger partial charge on any atom is 0.119 e. The number of aromatic amines is 1. The van der Waals surface area contributed by atoms with Gasteiger partial charge in [-0.25, -0.2) is 0 Å². The normalized spacial score (nSPS) is 10.3. The average Bonchev–Trinajstić information content (AvgIpc) is 2.23. The van der Waals surface area contributed by atoms with E-state index in [0.29, 0.717) is 4.64 Å². The number of H-pyrrole nitrogens is 1. The first-order valence-electron chi connectivity index (χ1n) is 4.80. The molecule has 1 aromatic carbocycles. The third kappa shape index (κ3) is 2.13. The molecule has 0 amide bonds. The van der Waals surface area contributed by atoms with Gasteiger partial charge in [0.25, 0.3) is 0 Å². The van der Waals surface area contributed by atoms with Gasteiger partial charge in [-0.2, -0.15) is 5.10 Å². The van der Waals surface area contributed by atoms with E-state index in [1.54, 1.807) is 0 Å². The van der Waals surface area contributed by atoms with E-state index in [2.05, 4.69) is 42.2 Å². The van der Waals surface area contributed by atoms with Crippen molar-refractivity contribution in [3.05, 3.63) is 46.1 Å². The Labute approximate surface area is 94.0 Å². The van der Waals surface area contributed by atoms with E-state index in [4.69, 9.17) is 12.2 Å². The van der Waals surface area contributed by atoms with Gasteiger partial charge in [-0.15, -0.1) is 0 Å². The molecule has 0 bridgehead atoms. The Balaban J connectivity index is 2.50. The minimum absolute atomic E-state index is 0.655. The monoisotopic (exact) mass is 216 g/mol. The van der Waals surface area contributed by atoms with E-state index in [9.17, 15) is 0 Å². The summed E-state index contributed by atoms with van der Waals surface area (Å²) >= 11 is 4.95. The molecule has 0 radical (unpaired) electrons. The predicted molar refractivity (Wildman–Crippen MR) is 64.3 cm³/mol. The zero-order chi connectivity index (χ0) is 10.8. The van der Waals surface area contributed by atoms with Crippen LogP contribution in [0.5, 0.6) is 0 Å². The zero-order valence-corrected chi connectivity index (χ0v) is 9.56. The summed E-state index contributed by atoms with van der Waals surface area (Å²) in [6.45, 7) is 4.20. The lowest BCUT2D eigenvalue weighted by atomic mass is 10.0. The summed E-state index contributed by atoms with van der Waals surface area (Å²) in [4.78, 5) is 0. The van der Waals surface area contributed by atoms with Gasteiger partial charge in [0.1, 0.15) is 4.64 Å². The van der Waals surface area contributed by atoms with Crippen molar-refractivity contribution >= 4 is 12.2 Å². The molecule has 0 saturated carbocycles. The first-order chi connectivity index (χ1) is 7.16. The third-order valence-electron chi connectivity index (χ3n) is 2.48. The Bertz CT molecular complexity index is 523. The number of hydrogen-bond donors (Lipinski definition) is 1. The lowest BCUT2D eigenvalue weighted by Gasteiger charge is -2.03. The quantitative estimate of drug-likeness (QED) is 0.740. The van der Waals surface area contributed by atoms with Gasteiger partial charge in [-0.05, 0) is 43.2 Å². The molecule has 0 spiro atoms. The van der Waals surface area contributed by atoms with E-state index < -0.39 is 0 Å². The van der Waals surface area contributed by atoms with Crippen LogP contribution in [0.25, 0.3) is 11.3 Å². The second kappa shape index (κ2) is 3.95. The van der Waals surface area contributed by atoms with Crippen LogP contribution in [0.15, 0.2) is 30.3 Å². The van der Waals surface area contributed by atoms with Crippen molar-refractivity contribution in [1.82, 2.24) is 10.2 Å². The summed E-state index contributed by atoms with van der Waals surface area (Å²) in [5, 5.41) is 6.99. The first kappa shape index (κ1) is 10.1. The number of nitrogens with one attached hydrogen (secondary N) is 1. The molecular weight excluding hydrogens is 204 g/mol. The molecule has 3 heteroatoms. The van der Waals surface area contributed by atoms with Gasteiger partial charge in [0.2, 0.25) is 0 Å². The van der Waals surface area contributed by atoms with E-state index >= 15 is 0 Å². The van der Waals surface area contributed by atoms with Crippen LogP contribution in [0.4, 0.5) is 0 Å². The number of nitrogens with zero attached hydrogens (tertiary/aromatic N) is 1. The van der Waals surface area contributed by atoms with Crippen LogP contribution in [-0.4, -0.2) is 10.2 Å². The highest BCUT2D eigenvalue weighted by atomic mass is 32.1. The number of rotatable bonds is 1.